The molecule has 0 aliphatic heterocycles. The number of aromatic nitrogens is 1. The summed E-state index contributed by atoms with van der Waals surface area (Å²) in [6.07, 6.45) is 0. The lowest BCUT2D eigenvalue weighted by atomic mass is 9.97. The number of fused-ring (bicyclic) bond motifs is 3. The first kappa shape index (κ1) is 14.4. The Morgan fingerprint density at radius 2 is 1.62 bits per heavy atom. The third-order valence-corrected chi connectivity index (χ3v) is 4.18. The molecule has 1 aromatic heterocycles. The van der Waals surface area contributed by atoms with Gasteiger partial charge in [-0.15, -0.1) is 0 Å². The van der Waals surface area contributed by atoms with E-state index in [1.165, 1.54) is 7.11 Å². The Labute approximate surface area is 139 Å². The lowest BCUT2D eigenvalue weighted by molar-refractivity contribution is 0.0594. The van der Waals surface area contributed by atoms with Crippen LogP contribution < -0.4 is 0 Å². The largest absolute Gasteiger partial charge is 0.464 e. The van der Waals surface area contributed by atoms with Gasteiger partial charge in [-0.25, -0.2) is 9.78 Å². The third kappa shape index (κ3) is 2.31. The highest BCUT2D eigenvalue weighted by molar-refractivity contribution is 6.11. The average Bonchev–Trinajstić information content (AvgIpc) is 2.67. The standard InChI is InChI=1S/C21H15NO2/c1-24-21(23)19-13-18(14-7-3-2-4-8-14)17-12-11-15-9-5-6-10-16(15)20(17)22-19/h2-13H,1H3. The summed E-state index contributed by atoms with van der Waals surface area (Å²) in [5, 5.41) is 3.14. The van der Waals surface area contributed by atoms with Gasteiger partial charge in [0.1, 0.15) is 5.69 Å². The second-order valence-corrected chi connectivity index (χ2v) is 5.60. The number of benzene rings is 3. The summed E-state index contributed by atoms with van der Waals surface area (Å²) in [4.78, 5) is 16.7. The molecule has 0 saturated carbocycles. The highest BCUT2D eigenvalue weighted by Crippen LogP contribution is 2.32. The molecule has 1 heterocycles. The second-order valence-electron chi connectivity index (χ2n) is 5.60. The minimum atomic E-state index is -0.429. The average molecular weight is 313 g/mol. The molecule has 24 heavy (non-hydrogen) atoms. The van der Waals surface area contributed by atoms with E-state index >= 15 is 0 Å². The molecule has 3 nitrogen and oxygen atoms in total. The number of carbonyl (C=O) groups is 1. The van der Waals surface area contributed by atoms with E-state index in [9.17, 15) is 4.79 Å². The highest BCUT2D eigenvalue weighted by Gasteiger charge is 2.15. The molecule has 0 atom stereocenters. The van der Waals surface area contributed by atoms with Crippen molar-refractivity contribution < 1.29 is 9.53 Å². The Morgan fingerprint density at radius 1 is 0.875 bits per heavy atom. The van der Waals surface area contributed by atoms with Crippen LogP contribution in [0, 0.1) is 0 Å². The van der Waals surface area contributed by atoms with E-state index in [1.807, 2.05) is 54.6 Å². The van der Waals surface area contributed by atoms with E-state index in [4.69, 9.17) is 4.74 Å². The summed E-state index contributed by atoms with van der Waals surface area (Å²) >= 11 is 0. The van der Waals surface area contributed by atoms with Gasteiger partial charge in [-0.05, 0) is 22.6 Å². The zero-order valence-electron chi connectivity index (χ0n) is 13.2. The van der Waals surface area contributed by atoms with Gasteiger partial charge in [-0.1, -0.05) is 66.7 Å². The summed E-state index contributed by atoms with van der Waals surface area (Å²) in [5.41, 5.74) is 3.16. The van der Waals surface area contributed by atoms with E-state index in [2.05, 4.69) is 17.1 Å². The van der Waals surface area contributed by atoms with Crippen molar-refractivity contribution in [3.05, 3.63) is 78.5 Å². The van der Waals surface area contributed by atoms with Crippen molar-refractivity contribution in [3.63, 3.8) is 0 Å². The Morgan fingerprint density at radius 3 is 2.42 bits per heavy atom. The number of nitrogens with zero attached hydrogens (tertiary/aromatic N) is 1. The number of carbonyl (C=O) groups excluding carboxylic acids is 1. The number of ether oxygens (including phenoxy) is 1. The molecular formula is C21H15NO2. The smallest absolute Gasteiger partial charge is 0.356 e. The van der Waals surface area contributed by atoms with Crippen molar-refractivity contribution in [2.75, 3.05) is 7.11 Å². The number of hydrogen-bond acceptors (Lipinski definition) is 3. The van der Waals surface area contributed by atoms with E-state index in [0.717, 1.165) is 32.8 Å². The lowest BCUT2D eigenvalue weighted by Crippen LogP contribution is -2.05. The van der Waals surface area contributed by atoms with E-state index in [-0.39, 0.29) is 0 Å². The summed E-state index contributed by atoms with van der Waals surface area (Å²) in [6, 6.07) is 24.0. The van der Waals surface area contributed by atoms with Gasteiger partial charge in [0.15, 0.2) is 0 Å². The van der Waals surface area contributed by atoms with Crippen LogP contribution >= 0.6 is 0 Å². The summed E-state index contributed by atoms with van der Waals surface area (Å²) in [7, 11) is 1.37. The lowest BCUT2D eigenvalue weighted by Gasteiger charge is -2.11. The van der Waals surface area contributed by atoms with Crippen LogP contribution in [0.5, 0.6) is 0 Å². The van der Waals surface area contributed by atoms with Gasteiger partial charge in [0.25, 0.3) is 0 Å². The van der Waals surface area contributed by atoms with E-state index in [0.29, 0.717) is 5.69 Å². The van der Waals surface area contributed by atoms with Crippen molar-refractivity contribution in [3.8, 4) is 11.1 Å². The molecule has 0 bridgehead atoms. The maximum Gasteiger partial charge on any atom is 0.356 e. The molecule has 0 aliphatic rings. The molecule has 0 fully saturated rings. The summed E-state index contributed by atoms with van der Waals surface area (Å²) < 4.78 is 4.89. The van der Waals surface area contributed by atoms with Gasteiger partial charge < -0.3 is 4.74 Å². The Kier molecular flexibility index (Phi) is 3.47. The van der Waals surface area contributed by atoms with Gasteiger partial charge in [0.2, 0.25) is 0 Å². The fraction of sp³-hybridized carbons (Fsp3) is 0.0476. The normalized spacial score (nSPS) is 10.9. The highest BCUT2D eigenvalue weighted by atomic mass is 16.5. The number of rotatable bonds is 2. The van der Waals surface area contributed by atoms with Crippen LogP contribution in [-0.2, 0) is 4.74 Å². The zero-order valence-corrected chi connectivity index (χ0v) is 13.2. The molecule has 4 rings (SSSR count). The second kappa shape index (κ2) is 5.78. The molecule has 0 amide bonds. The number of hydrogen-bond donors (Lipinski definition) is 0. The van der Waals surface area contributed by atoms with Crippen molar-refractivity contribution in [1.82, 2.24) is 4.98 Å². The Hall–Kier alpha value is -3.20. The molecule has 116 valence electrons. The molecule has 0 saturated heterocycles. The first-order chi connectivity index (χ1) is 11.8. The maximum atomic E-state index is 12.1. The van der Waals surface area contributed by atoms with E-state index < -0.39 is 5.97 Å². The minimum Gasteiger partial charge on any atom is -0.464 e. The van der Waals surface area contributed by atoms with Crippen LogP contribution in [0.3, 0.4) is 0 Å². The predicted octanol–water partition coefficient (Wildman–Crippen LogP) is 4.84. The molecule has 0 unspecified atom stereocenters. The summed E-state index contributed by atoms with van der Waals surface area (Å²) in [6.45, 7) is 0. The SMILES string of the molecule is COC(=O)c1cc(-c2ccccc2)c2ccc3ccccc3c2n1. The zero-order chi connectivity index (χ0) is 16.5. The van der Waals surface area contributed by atoms with Crippen molar-refractivity contribution >= 4 is 27.6 Å². The van der Waals surface area contributed by atoms with Crippen molar-refractivity contribution in [2.24, 2.45) is 0 Å². The molecule has 0 radical (unpaired) electrons. The molecule has 0 spiro atoms. The van der Waals surface area contributed by atoms with Crippen LogP contribution in [0.1, 0.15) is 10.5 Å². The molecular weight excluding hydrogens is 298 g/mol. The van der Waals surface area contributed by atoms with Gasteiger partial charge in [-0.3, -0.25) is 0 Å². The van der Waals surface area contributed by atoms with Crippen LogP contribution in [-0.4, -0.2) is 18.1 Å². The maximum absolute atomic E-state index is 12.1. The molecule has 3 heteroatoms. The summed E-state index contributed by atoms with van der Waals surface area (Å²) in [5.74, 6) is -0.429. The Balaban J connectivity index is 2.14. The number of pyridine rings is 1. The fourth-order valence-electron chi connectivity index (χ4n) is 3.03. The number of methoxy groups -OCH3 is 1. The topological polar surface area (TPSA) is 39.2 Å². The van der Waals surface area contributed by atoms with E-state index in [1.54, 1.807) is 6.07 Å². The van der Waals surface area contributed by atoms with Crippen LogP contribution in [0.15, 0.2) is 72.8 Å². The first-order valence-corrected chi connectivity index (χ1v) is 7.74. The van der Waals surface area contributed by atoms with Crippen LogP contribution in [0.4, 0.5) is 0 Å². The van der Waals surface area contributed by atoms with Gasteiger partial charge in [-0.2, -0.15) is 0 Å². The quantitative estimate of drug-likeness (QED) is 0.392. The monoisotopic (exact) mass is 313 g/mol. The number of esters is 1. The molecule has 0 N–H and O–H groups in total. The van der Waals surface area contributed by atoms with Gasteiger partial charge in [0, 0.05) is 10.8 Å². The van der Waals surface area contributed by atoms with Gasteiger partial charge >= 0.3 is 5.97 Å². The van der Waals surface area contributed by atoms with Crippen molar-refractivity contribution in [2.45, 2.75) is 0 Å². The van der Waals surface area contributed by atoms with Crippen LogP contribution in [0.25, 0.3) is 32.8 Å². The van der Waals surface area contributed by atoms with Crippen LogP contribution in [0.2, 0.25) is 0 Å². The van der Waals surface area contributed by atoms with Gasteiger partial charge in [0.05, 0.1) is 12.6 Å². The minimum absolute atomic E-state index is 0.320. The Bertz CT molecular complexity index is 1060. The molecule has 3 aromatic carbocycles. The molecule has 4 aromatic rings. The first-order valence-electron chi connectivity index (χ1n) is 7.74. The molecule has 0 aliphatic carbocycles. The fourth-order valence-corrected chi connectivity index (χ4v) is 3.03. The van der Waals surface area contributed by atoms with Crippen molar-refractivity contribution in [1.29, 1.82) is 0 Å². The predicted molar refractivity (Wildman–Crippen MR) is 96.0 cm³/mol. The third-order valence-electron chi connectivity index (χ3n) is 4.18.